The van der Waals surface area contributed by atoms with Gasteiger partial charge in [0.25, 0.3) is 5.91 Å². The predicted molar refractivity (Wildman–Crippen MR) is 116 cm³/mol. The molecule has 0 saturated heterocycles. The first-order chi connectivity index (χ1) is 14.3. The highest BCUT2D eigenvalue weighted by molar-refractivity contribution is 6.36. The minimum atomic E-state index is -0.989. The van der Waals surface area contributed by atoms with Crippen molar-refractivity contribution < 1.29 is 18.7 Å². The average Bonchev–Trinajstić information content (AvgIpc) is 3.18. The molecule has 0 aliphatic rings. The van der Waals surface area contributed by atoms with E-state index in [9.17, 15) is 9.59 Å². The molecule has 0 fully saturated rings. The molecular formula is C22H20Cl2N2O4. The van der Waals surface area contributed by atoms with Crippen LogP contribution in [0.15, 0.2) is 53.1 Å². The van der Waals surface area contributed by atoms with Gasteiger partial charge >= 0.3 is 5.97 Å². The molecule has 1 unspecified atom stereocenters. The molecule has 3 aromatic rings. The molecule has 1 atom stereocenters. The second kappa shape index (κ2) is 9.78. The molecule has 0 aliphatic heterocycles. The van der Waals surface area contributed by atoms with Crippen LogP contribution in [0.4, 0.5) is 5.69 Å². The fourth-order valence-electron chi connectivity index (χ4n) is 2.62. The number of carbonyl (C=O) groups excluding carboxylic acids is 2. The summed E-state index contributed by atoms with van der Waals surface area (Å²) in [5.74, 6) is 0.0267. The number of hydrogen-bond acceptors (Lipinski definition) is 5. The third-order valence-electron chi connectivity index (χ3n) is 4.30. The fraction of sp³-hybridized carbons (Fsp3) is 0.227. The number of aromatic nitrogens is 1. The molecule has 30 heavy (non-hydrogen) atoms. The van der Waals surface area contributed by atoms with E-state index in [1.54, 1.807) is 18.3 Å². The molecule has 8 heteroatoms. The van der Waals surface area contributed by atoms with Crippen molar-refractivity contribution in [2.45, 2.75) is 32.8 Å². The molecule has 0 saturated carbocycles. The average molecular weight is 447 g/mol. The van der Waals surface area contributed by atoms with Gasteiger partial charge in [-0.05, 0) is 32.0 Å². The summed E-state index contributed by atoms with van der Waals surface area (Å²) in [6.07, 6.45) is 0.934. The number of nitrogens with one attached hydrogen (secondary N) is 1. The Morgan fingerprint density at radius 3 is 2.60 bits per heavy atom. The lowest BCUT2D eigenvalue weighted by atomic mass is 10.1. The van der Waals surface area contributed by atoms with Crippen LogP contribution in [0.25, 0.3) is 11.3 Å². The van der Waals surface area contributed by atoms with E-state index in [1.807, 2.05) is 31.2 Å². The number of rotatable bonds is 7. The van der Waals surface area contributed by atoms with Gasteiger partial charge in [0.05, 0.1) is 23.3 Å². The largest absolute Gasteiger partial charge is 0.453 e. The first kappa shape index (κ1) is 21.9. The zero-order chi connectivity index (χ0) is 21.7. The first-order valence-corrected chi connectivity index (χ1v) is 10.0. The molecule has 156 valence electrons. The van der Waals surface area contributed by atoms with E-state index in [2.05, 4.69) is 10.3 Å². The topological polar surface area (TPSA) is 81.4 Å². The summed E-state index contributed by atoms with van der Waals surface area (Å²) >= 11 is 11.9. The summed E-state index contributed by atoms with van der Waals surface area (Å²) in [5.41, 5.74) is 2.45. The van der Waals surface area contributed by atoms with E-state index in [1.165, 1.54) is 13.0 Å². The molecule has 0 spiro atoms. The highest BCUT2D eigenvalue weighted by Gasteiger charge is 2.19. The quantitative estimate of drug-likeness (QED) is 0.487. The van der Waals surface area contributed by atoms with Crippen molar-refractivity contribution in [3.63, 3.8) is 0 Å². The first-order valence-electron chi connectivity index (χ1n) is 9.29. The Morgan fingerprint density at radius 1 is 1.17 bits per heavy atom. The zero-order valence-corrected chi connectivity index (χ0v) is 18.0. The van der Waals surface area contributed by atoms with Crippen LogP contribution >= 0.6 is 23.2 Å². The van der Waals surface area contributed by atoms with Crippen molar-refractivity contribution in [1.29, 1.82) is 0 Å². The summed E-state index contributed by atoms with van der Waals surface area (Å²) in [4.78, 5) is 28.5. The smallest absolute Gasteiger partial charge is 0.307 e. The summed E-state index contributed by atoms with van der Waals surface area (Å²) in [6, 6.07) is 12.5. The Hall–Kier alpha value is -2.83. The lowest BCUT2D eigenvalue weighted by Gasteiger charge is -2.14. The van der Waals surface area contributed by atoms with E-state index in [-0.39, 0.29) is 12.8 Å². The number of carbonyl (C=O) groups is 2. The van der Waals surface area contributed by atoms with Crippen molar-refractivity contribution in [3.05, 3.63) is 70.2 Å². The van der Waals surface area contributed by atoms with E-state index >= 15 is 0 Å². The molecule has 6 nitrogen and oxygen atoms in total. The summed E-state index contributed by atoms with van der Waals surface area (Å²) in [5, 5.41) is 3.35. The van der Waals surface area contributed by atoms with Crippen LogP contribution in [0.1, 0.15) is 24.8 Å². The Morgan fingerprint density at radius 2 is 1.90 bits per heavy atom. The number of nitrogens with zero attached hydrogens (tertiary/aromatic N) is 1. The number of ether oxygens (including phenoxy) is 1. The van der Waals surface area contributed by atoms with E-state index in [0.717, 1.165) is 11.1 Å². The lowest BCUT2D eigenvalue weighted by molar-refractivity contribution is -0.153. The Balaban J connectivity index is 1.49. The number of esters is 1. The normalized spacial score (nSPS) is 11.7. The van der Waals surface area contributed by atoms with Gasteiger partial charge in [-0.15, -0.1) is 0 Å². The van der Waals surface area contributed by atoms with Crippen molar-refractivity contribution in [2.75, 3.05) is 5.32 Å². The second-order valence-electron chi connectivity index (χ2n) is 6.73. The number of amides is 1. The van der Waals surface area contributed by atoms with Crippen LogP contribution in [0.2, 0.25) is 10.0 Å². The maximum absolute atomic E-state index is 12.2. The number of aryl methyl sites for hydroxylation is 2. The third kappa shape index (κ3) is 5.84. The van der Waals surface area contributed by atoms with Crippen molar-refractivity contribution in [3.8, 4) is 11.3 Å². The molecule has 0 aliphatic carbocycles. The molecule has 1 amide bonds. The monoisotopic (exact) mass is 446 g/mol. The van der Waals surface area contributed by atoms with Crippen molar-refractivity contribution in [1.82, 2.24) is 4.98 Å². The summed E-state index contributed by atoms with van der Waals surface area (Å²) < 4.78 is 10.9. The van der Waals surface area contributed by atoms with Crippen LogP contribution in [-0.2, 0) is 20.7 Å². The van der Waals surface area contributed by atoms with Crippen LogP contribution in [0.5, 0.6) is 0 Å². The molecular weight excluding hydrogens is 427 g/mol. The molecule has 3 rings (SSSR count). The minimum Gasteiger partial charge on any atom is -0.453 e. The molecule has 0 radical (unpaired) electrons. The van der Waals surface area contributed by atoms with Gasteiger partial charge in [0.2, 0.25) is 0 Å². The molecule has 1 N–H and O–H groups in total. The van der Waals surface area contributed by atoms with Gasteiger partial charge in [0.1, 0.15) is 0 Å². The Kier molecular flexibility index (Phi) is 7.13. The van der Waals surface area contributed by atoms with E-state index in [4.69, 9.17) is 32.4 Å². The molecule has 2 aromatic carbocycles. The van der Waals surface area contributed by atoms with Gasteiger partial charge in [-0.25, -0.2) is 4.98 Å². The van der Waals surface area contributed by atoms with Crippen molar-refractivity contribution in [2.24, 2.45) is 0 Å². The number of hydrogen-bond donors (Lipinski definition) is 1. The second-order valence-corrected chi connectivity index (χ2v) is 7.57. The number of anilines is 1. The van der Waals surface area contributed by atoms with E-state index in [0.29, 0.717) is 27.4 Å². The van der Waals surface area contributed by atoms with Crippen molar-refractivity contribution >= 4 is 40.8 Å². The van der Waals surface area contributed by atoms with Gasteiger partial charge in [0.15, 0.2) is 17.8 Å². The molecule has 0 bridgehead atoms. The lowest BCUT2D eigenvalue weighted by Crippen LogP contribution is -2.30. The van der Waals surface area contributed by atoms with Gasteiger partial charge < -0.3 is 14.5 Å². The Labute approximate surface area is 184 Å². The van der Waals surface area contributed by atoms with Crippen LogP contribution in [0, 0.1) is 6.92 Å². The Bertz CT molecular complexity index is 1050. The van der Waals surface area contributed by atoms with Crippen LogP contribution in [-0.4, -0.2) is 23.0 Å². The number of oxazole rings is 1. The third-order valence-corrected chi connectivity index (χ3v) is 4.85. The van der Waals surface area contributed by atoms with Gasteiger partial charge in [-0.3, -0.25) is 9.59 Å². The minimum absolute atomic E-state index is 0.0349. The van der Waals surface area contributed by atoms with Gasteiger partial charge in [-0.2, -0.15) is 0 Å². The molecule has 1 heterocycles. The fourth-order valence-corrected chi connectivity index (χ4v) is 3.08. The summed E-state index contributed by atoms with van der Waals surface area (Å²) in [7, 11) is 0. The van der Waals surface area contributed by atoms with E-state index < -0.39 is 18.0 Å². The zero-order valence-electron chi connectivity index (χ0n) is 16.4. The highest BCUT2D eigenvalue weighted by Crippen LogP contribution is 2.25. The van der Waals surface area contributed by atoms with Crippen LogP contribution in [0.3, 0.4) is 0 Å². The predicted octanol–water partition coefficient (Wildman–Crippen LogP) is 5.46. The molecule has 1 aromatic heterocycles. The van der Waals surface area contributed by atoms with Gasteiger partial charge in [0, 0.05) is 17.0 Å². The SMILES string of the molecule is Cc1ccc(-c2cnc(CCC(=O)OC(C)C(=O)Nc3ccc(Cl)cc3Cl)o2)cc1. The van der Waals surface area contributed by atoms with Crippen LogP contribution < -0.4 is 5.32 Å². The maximum atomic E-state index is 12.2. The summed E-state index contributed by atoms with van der Waals surface area (Å²) in [6.45, 7) is 3.49. The maximum Gasteiger partial charge on any atom is 0.307 e. The number of benzene rings is 2. The standard InChI is InChI=1S/C22H20Cl2N2O4/c1-13-3-5-15(6-4-13)19-12-25-20(30-19)9-10-21(27)29-14(2)22(28)26-18-8-7-16(23)11-17(18)24/h3-8,11-12,14H,9-10H2,1-2H3,(H,26,28). The highest BCUT2D eigenvalue weighted by atomic mass is 35.5. The van der Waals surface area contributed by atoms with Gasteiger partial charge in [-0.1, -0.05) is 53.0 Å². The number of halogens is 2.